The molecule has 0 saturated carbocycles. The van der Waals surface area contributed by atoms with Crippen molar-refractivity contribution in [1.29, 1.82) is 0 Å². The maximum absolute atomic E-state index is 13.6. The van der Waals surface area contributed by atoms with Crippen LogP contribution in [0.1, 0.15) is 24.5 Å². The number of alkyl halides is 3. The summed E-state index contributed by atoms with van der Waals surface area (Å²) in [6, 6.07) is 15.1. The maximum atomic E-state index is 13.6. The average molecular weight is 526 g/mol. The highest BCUT2D eigenvalue weighted by atomic mass is 127. The minimum absolute atomic E-state index is 0.192. The van der Waals surface area contributed by atoms with Gasteiger partial charge in [-0.25, -0.2) is 4.98 Å². The molecule has 158 valence electrons. The molecule has 0 aliphatic heterocycles. The van der Waals surface area contributed by atoms with Crippen LogP contribution in [-0.4, -0.2) is 24.1 Å². The Bertz CT molecular complexity index is 989. The van der Waals surface area contributed by atoms with Crippen molar-refractivity contribution in [3.05, 3.63) is 69.4 Å². The van der Waals surface area contributed by atoms with E-state index < -0.39 is 11.7 Å². The smallest absolute Gasteiger partial charge is 0.329 e. The van der Waals surface area contributed by atoms with Crippen molar-refractivity contribution in [3.8, 4) is 0 Å². The second kappa shape index (κ2) is 9.20. The molecule has 0 N–H and O–H groups in total. The first-order valence-corrected chi connectivity index (χ1v) is 10.5. The maximum Gasteiger partial charge on any atom is 0.421 e. The molecule has 0 radical (unpaired) electrons. The molecular weight excluding hydrogens is 504 g/mol. The second-order valence-corrected chi connectivity index (χ2v) is 8.16. The van der Waals surface area contributed by atoms with E-state index in [0.717, 1.165) is 28.3 Å². The predicted molar refractivity (Wildman–Crippen MR) is 123 cm³/mol. The van der Waals surface area contributed by atoms with E-state index in [1.807, 2.05) is 36.4 Å². The lowest BCUT2D eigenvalue weighted by Gasteiger charge is -2.25. The van der Waals surface area contributed by atoms with Crippen LogP contribution in [0.3, 0.4) is 0 Å². The van der Waals surface area contributed by atoms with Gasteiger partial charge in [-0.2, -0.15) is 18.2 Å². The third-order valence-corrected chi connectivity index (χ3v) is 5.47. The topological polar surface area (TPSA) is 32.3 Å². The fourth-order valence-corrected chi connectivity index (χ4v) is 3.42. The van der Waals surface area contributed by atoms with Gasteiger partial charge < -0.3 is 9.80 Å². The van der Waals surface area contributed by atoms with Gasteiger partial charge in [-0.05, 0) is 71.0 Å². The number of hydrogen-bond acceptors (Lipinski definition) is 4. The number of hydrogen-bond donors (Lipinski definition) is 0. The van der Waals surface area contributed by atoms with Crippen molar-refractivity contribution >= 4 is 45.7 Å². The molecule has 0 bridgehead atoms. The van der Waals surface area contributed by atoms with Crippen LogP contribution in [0.15, 0.2) is 54.7 Å². The number of aromatic nitrogens is 2. The van der Waals surface area contributed by atoms with Gasteiger partial charge in [-0.1, -0.05) is 25.5 Å². The molecule has 0 unspecified atom stereocenters. The zero-order valence-electron chi connectivity index (χ0n) is 16.9. The van der Waals surface area contributed by atoms with Crippen molar-refractivity contribution < 1.29 is 13.2 Å². The van der Waals surface area contributed by atoms with Gasteiger partial charge >= 0.3 is 6.18 Å². The van der Waals surface area contributed by atoms with E-state index >= 15 is 0 Å². The number of aryl methyl sites for hydroxylation is 1. The summed E-state index contributed by atoms with van der Waals surface area (Å²) in [5.74, 6) is 0.00163. The lowest BCUT2D eigenvalue weighted by molar-refractivity contribution is -0.137. The van der Waals surface area contributed by atoms with E-state index in [2.05, 4.69) is 39.5 Å². The van der Waals surface area contributed by atoms with Crippen LogP contribution in [0.2, 0.25) is 0 Å². The lowest BCUT2D eigenvalue weighted by Crippen LogP contribution is -2.21. The molecular formula is C22H22F3IN4. The Kier molecular flexibility index (Phi) is 6.84. The van der Waals surface area contributed by atoms with E-state index in [-0.39, 0.29) is 11.8 Å². The summed E-state index contributed by atoms with van der Waals surface area (Å²) in [6.07, 6.45) is -1.69. The zero-order valence-corrected chi connectivity index (χ0v) is 19.1. The summed E-state index contributed by atoms with van der Waals surface area (Å²) < 4.78 is 41.9. The monoisotopic (exact) mass is 526 g/mol. The molecule has 4 nitrogen and oxygen atoms in total. The van der Waals surface area contributed by atoms with Crippen LogP contribution in [0.25, 0.3) is 0 Å². The average Bonchev–Trinajstić information content (AvgIpc) is 2.73. The van der Waals surface area contributed by atoms with Crippen molar-refractivity contribution in [3.63, 3.8) is 0 Å². The third kappa shape index (κ3) is 5.03. The SMILES string of the molecule is CCCc1ccc(N(C)c2ncc(C(F)(F)F)c(N(C)c3ccc(I)cc3)n2)cc1. The van der Waals surface area contributed by atoms with Crippen LogP contribution in [-0.2, 0) is 12.6 Å². The Morgan fingerprint density at radius 2 is 1.47 bits per heavy atom. The fraction of sp³-hybridized carbons (Fsp3) is 0.273. The van der Waals surface area contributed by atoms with Gasteiger partial charge in [-0.15, -0.1) is 0 Å². The van der Waals surface area contributed by atoms with Gasteiger partial charge in [0.2, 0.25) is 5.95 Å². The lowest BCUT2D eigenvalue weighted by atomic mass is 10.1. The van der Waals surface area contributed by atoms with Crippen LogP contribution in [0.5, 0.6) is 0 Å². The molecule has 0 aliphatic rings. The highest BCUT2D eigenvalue weighted by molar-refractivity contribution is 14.1. The Morgan fingerprint density at radius 1 is 0.900 bits per heavy atom. The predicted octanol–water partition coefficient (Wildman–Crippen LogP) is 6.59. The largest absolute Gasteiger partial charge is 0.421 e. The molecule has 1 heterocycles. The molecule has 3 rings (SSSR count). The molecule has 0 atom stereocenters. The Labute approximate surface area is 187 Å². The number of anilines is 4. The number of rotatable bonds is 6. The summed E-state index contributed by atoms with van der Waals surface area (Å²) >= 11 is 2.15. The molecule has 1 aromatic heterocycles. The van der Waals surface area contributed by atoms with Crippen molar-refractivity contribution in [2.24, 2.45) is 0 Å². The molecule has 0 fully saturated rings. The zero-order chi connectivity index (χ0) is 21.9. The molecule has 0 saturated heterocycles. The van der Waals surface area contributed by atoms with E-state index in [9.17, 15) is 13.2 Å². The van der Waals surface area contributed by atoms with Gasteiger partial charge in [0, 0.05) is 35.2 Å². The highest BCUT2D eigenvalue weighted by Gasteiger charge is 2.37. The van der Waals surface area contributed by atoms with E-state index in [1.165, 1.54) is 10.5 Å². The minimum atomic E-state index is -4.56. The van der Waals surface area contributed by atoms with E-state index in [0.29, 0.717) is 5.69 Å². The first-order valence-electron chi connectivity index (χ1n) is 9.47. The quantitative estimate of drug-likeness (QED) is 0.340. The number of benzene rings is 2. The van der Waals surface area contributed by atoms with Crippen molar-refractivity contribution in [2.45, 2.75) is 25.9 Å². The second-order valence-electron chi connectivity index (χ2n) is 6.92. The van der Waals surface area contributed by atoms with Crippen LogP contribution >= 0.6 is 22.6 Å². The summed E-state index contributed by atoms with van der Waals surface area (Å²) in [7, 11) is 3.31. The molecule has 2 aromatic carbocycles. The van der Waals surface area contributed by atoms with Gasteiger partial charge in [0.25, 0.3) is 0 Å². The Balaban J connectivity index is 2.00. The first kappa shape index (κ1) is 22.3. The van der Waals surface area contributed by atoms with Crippen molar-refractivity contribution in [2.75, 3.05) is 23.9 Å². The molecule has 0 amide bonds. The summed E-state index contributed by atoms with van der Waals surface area (Å²) in [6.45, 7) is 2.11. The van der Waals surface area contributed by atoms with E-state index in [1.54, 1.807) is 31.1 Å². The van der Waals surface area contributed by atoms with E-state index in [4.69, 9.17) is 0 Å². The Morgan fingerprint density at radius 3 is 2.03 bits per heavy atom. The number of nitrogens with zero attached hydrogens (tertiary/aromatic N) is 4. The van der Waals surface area contributed by atoms with Gasteiger partial charge in [-0.3, -0.25) is 0 Å². The third-order valence-electron chi connectivity index (χ3n) is 4.76. The summed E-state index contributed by atoms with van der Waals surface area (Å²) in [5, 5.41) is 0. The number of halogens is 4. The van der Waals surface area contributed by atoms with Crippen LogP contribution in [0, 0.1) is 3.57 Å². The summed E-state index contributed by atoms with van der Waals surface area (Å²) in [4.78, 5) is 11.4. The first-order chi connectivity index (χ1) is 14.2. The molecule has 8 heteroatoms. The summed E-state index contributed by atoms with van der Waals surface area (Å²) in [5.41, 5.74) is 1.75. The minimum Gasteiger partial charge on any atom is -0.329 e. The molecule has 30 heavy (non-hydrogen) atoms. The normalized spacial score (nSPS) is 11.4. The van der Waals surface area contributed by atoms with Gasteiger partial charge in [0.15, 0.2) is 5.82 Å². The van der Waals surface area contributed by atoms with Gasteiger partial charge in [0.1, 0.15) is 5.56 Å². The van der Waals surface area contributed by atoms with Crippen LogP contribution < -0.4 is 9.80 Å². The fourth-order valence-electron chi connectivity index (χ4n) is 3.06. The molecule has 0 spiro atoms. The van der Waals surface area contributed by atoms with Crippen molar-refractivity contribution in [1.82, 2.24) is 9.97 Å². The highest BCUT2D eigenvalue weighted by Crippen LogP contribution is 2.38. The molecule has 3 aromatic rings. The standard InChI is InChI=1S/C22H22F3IN4/c1-4-5-15-6-10-18(11-7-15)30(3)21-27-14-19(22(23,24)25)20(28-21)29(2)17-12-8-16(26)9-13-17/h6-14H,4-5H2,1-3H3. The van der Waals surface area contributed by atoms with Gasteiger partial charge in [0.05, 0.1) is 0 Å². The van der Waals surface area contributed by atoms with Crippen LogP contribution in [0.4, 0.5) is 36.3 Å². The Hall–Kier alpha value is -2.36. The molecule has 0 aliphatic carbocycles.